The van der Waals surface area contributed by atoms with E-state index in [-0.39, 0.29) is 43.3 Å². The van der Waals surface area contributed by atoms with Crippen LogP contribution in [0.2, 0.25) is 0 Å². The summed E-state index contributed by atoms with van der Waals surface area (Å²) in [5, 5.41) is 3.78. The molecule has 12 heteroatoms. The van der Waals surface area contributed by atoms with Crippen molar-refractivity contribution in [3.05, 3.63) is 205 Å². The number of fused-ring (bicyclic) bond motifs is 18. The van der Waals surface area contributed by atoms with Crippen molar-refractivity contribution in [1.82, 2.24) is 39.9 Å². The molecule has 0 fully saturated rings. The first kappa shape index (κ1) is 75.2. The molecule has 15 rings (SSSR count). The SMILES string of the molecule is CC(C)(C)c1cc(-c2c3nc(c4c5cc6[nH]c5c(c5nc(c(-c7cc(C(C)(C)C)cc(C(C)(C)C)c7)c7ccc([nH]7)c([Te](Cl)(Cl)Cl)c7nc(c6-c6cc(C(C)(C)C)cc(C(C)(C)C)c6)C=C7)C=C5)c5cc([nH]c54)c(-c4cc(C(C)(C)C)cc(C(C)(C)C)c4)c4nc(cc5ccc2[nH]5)C=C4)C=C3)cc(C(C)(C)C)c1. The van der Waals surface area contributed by atoms with Crippen molar-refractivity contribution in [3.63, 3.8) is 0 Å². The molecule has 6 aromatic heterocycles. The summed E-state index contributed by atoms with van der Waals surface area (Å²) in [6, 6.07) is 44.0. The van der Waals surface area contributed by atoms with Crippen LogP contribution in [0.15, 0.2) is 115 Å². The fourth-order valence-corrected chi connectivity index (χ4v) is 20.8. The second-order valence-electron chi connectivity index (χ2n) is 38.8. The van der Waals surface area contributed by atoms with E-state index in [0.717, 1.165) is 145 Å². The van der Waals surface area contributed by atoms with Crippen molar-refractivity contribution < 1.29 is 0 Å². The Balaban J connectivity index is 1.23. The van der Waals surface area contributed by atoms with E-state index in [4.69, 9.17) is 46.8 Å². The standard InChI is InChI=1S/C96H103Cl3N8Te/c1-89(2,3)56-37-52(38-57(45-56)90(4,5)6)80-68-27-25-64(100-68)49-65-26-28-69(101-65)82(54-41-60(93(13,14)15)47-61(42-54)94(16,17)18)78-50-66-84-75-32-30-71(103-75)81(53-39-58(91(7,8)9)46-59(40-53)92(10,11)12)72-33-35-76(104-72)88(108(97,98)99)77-36-34-73(105-77)83(55-43-62(95(19,20)21)48-63(44-55)96(22,23)24)79-51-67(87(84)107-79)85(86(66)106-78)74-31-29-70(80)102-74/h25-51,100,104,106-107H,1-24H3. The third-order valence-electron chi connectivity index (χ3n) is 22.1. The smallest absolute Gasteiger partial charge is 0.0561 e. The van der Waals surface area contributed by atoms with Crippen LogP contribution in [0.25, 0.3) is 159 Å². The van der Waals surface area contributed by atoms with Gasteiger partial charge in [0.25, 0.3) is 0 Å². The van der Waals surface area contributed by atoms with Crippen LogP contribution in [-0.2, 0) is 43.3 Å². The zero-order valence-corrected chi connectivity index (χ0v) is 72.0. The average molecular weight is 1600 g/mol. The fourth-order valence-electron chi connectivity index (χ4n) is 15.4. The van der Waals surface area contributed by atoms with Gasteiger partial charge in [0.05, 0.1) is 11.4 Å². The van der Waals surface area contributed by atoms with Crippen LogP contribution in [0.5, 0.6) is 0 Å². The number of nitrogens with zero attached hydrogens (tertiary/aromatic N) is 4. The van der Waals surface area contributed by atoms with Crippen molar-refractivity contribution in [2.24, 2.45) is 0 Å². The van der Waals surface area contributed by atoms with E-state index in [1.165, 1.54) is 44.5 Å². The van der Waals surface area contributed by atoms with Gasteiger partial charge in [-0.1, -0.05) is 119 Å². The van der Waals surface area contributed by atoms with Crippen LogP contribution < -0.4 is 3.61 Å². The maximum atomic E-state index is 7.52. The summed E-state index contributed by atoms with van der Waals surface area (Å²) < 4.78 is 0.615. The van der Waals surface area contributed by atoms with Gasteiger partial charge in [0.15, 0.2) is 0 Å². The average Bonchev–Trinajstić information content (AvgIpc) is 1.55. The number of hydrogen-bond donors (Lipinski definition) is 4. The molecule has 8 nitrogen and oxygen atoms in total. The van der Waals surface area contributed by atoms with Gasteiger partial charge >= 0.3 is 410 Å². The summed E-state index contributed by atoms with van der Waals surface area (Å²) in [6.45, 7) is 55.2. The molecule has 0 saturated heterocycles. The van der Waals surface area contributed by atoms with Crippen molar-refractivity contribution >= 4 is 160 Å². The van der Waals surface area contributed by atoms with E-state index in [1.807, 2.05) is 6.08 Å². The third kappa shape index (κ3) is 14.0. The van der Waals surface area contributed by atoms with Crippen molar-refractivity contribution in [2.45, 2.75) is 209 Å². The predicted octanol–water partition coefficient (Wildman–Crippen LogP) is 27.3. The zero-order chi connectivity index (χ0) is 77.6. The van der Waals surface area contributed by atoms with Gasteiger partial charge < -0.3 is 4.98 Å². The molecule has 0 atom stereocenters. The normalized spacial score (nSPS) is 14.2. The zero-order valence-electron chi connectivity index (χ0n) is 67.4. The van der Waals surface area contributed by atoms with Gasteiger partial charge in [-0.05, 0) is 85.4 Å². The molecule has 4 aliphatic heterocycles. The van der Waals surface area contributed by atoms with Gasteiger partial charge in [0.1, 0.15) is 0 Å². The Bertz CT molecular complexity index is 5980. The number of nitrogens with one attached hydrogen (secondary N) is 4. The molecule has 4 N–H and O–H groups in total. The molecule has 0 unspecified atom stereocenters. The summed E-state index contributed by atoms with van der Waals surface area (Å²) in [5.74, 6) is 0. The first-order valence-corrected chi connectivity index (χ1v) is 48.1. The molecule has 0 saturated carbocycles. The quantitative estimate of drug-likeness (QED) is 0.129. The minimum Gasteiger partial charge on any atom is -0.0561 e. The molecule has 554 valence electrons. The molecule has 10 heterocycles. The van der Waals surface area contributed by atoms with Crippen molar-refractivity contribution in [1.29, 1.82) is 0 Å². The van der Waals surface area contributed by atoms with E-state index >= 15 is 0 Å². The number of aromatic nitrogens is 8. The van der Waals surface area contributed by atoms with E-state index in [2.05, 4.69) is 344 Å². The van der Waals surface area contributed by atoms with Gasteiger partial charge in [-0.2, -0.15) is 0 Å². The molecular weight excluding hydrogens is 1500 g/mol. The minimum atomic E-state index is -4.49. The fraction of sp³-hybridized carbons (Fsp3) is 0.333. The first-order chi connectivity index (χ1) is 50.1. The Morgan fingerprint density at radius 2 is 0.537 bits per heavy atom. The Hall–Kier alpha value is -8.26. The summed E-state index contributed by atoms with van der Waals surface area (Å²) >= 11 is -4.49. The van der Waals surface area contributed by atoms with Crippen molar-refractivity contribution in [2.75, 3.05) is 0 Å². The Kier molecular flexibility index (Phi) is 17.9. The summed E-state index contributed by atoms with van der Waals surface area (Å²) in [7, 11) is 22.6. The van der Waals surface area contributed by atoms with Crippen LogP contribution in [0.1, 0.15) is 256 Å². The number of rotatable bonds is 5. The molecule has 0 aliphatic carbocycles. The predicted molar refractivity (Wildman–Crippen MR) is 472 cm³/mol. The maximum absolute atomic E-state index is 7.52. The van der Waals surface area contributed by atoms with Crippen LogP contribution >= 0.6 is 26.9 Å². The number of H-pyrrole nitrogens is 4. The minimum absolute atomic E-state index is 0.154. The van der Waals surface area contributed by atoms with E-state index < -0.39 is 14.8 Å². The molecular formula is C96H103Cl3N8Te. The van der Waals surface area contributed by atoms with E-state index in [1.54, 1.807) is 0 Å². The van der Waals surface area contributed by atoms with Gasteiger partial charge in [-0.15, -0.1) is 0 Å². The molecule has 108 heavy (non-hydrogen) atoms. The van der Waals surface area contributed by atoms with Gasteiger partial charge in [-0.3, -0.25) is 0 Å². The van der Waals surface area contributed by atoms with Gasteiger partial charge in [0.2, 0.25) is 0 Å². The Morgan fingerprint density at radius 3 is 0.880 bits per heavy atom. The molecule has 16 bridgehead atoms. The Labute approximate surface area is 653 Å². The number of aromatic amines is 4. The first-order valence-electron chi connectivity index (χ1n) is 38.1. The molecule has 5 aromatic carbocycles. The number of halogens is 3. The number of hydrogen-bond acceptors (Lipinski definition) is 4. The monoisotopic (exact) mass is 1600 g/mol. The second kappa shape index (κ2) is 25.7. The molecule has 0 spiro atoms. The van der Waals surface area contributed by atoms with E-state index in [9.17, 15) is 0 Å². The second-order valence-corrected chi connectivity index (χ2v) is 54.8. The number of benzene rings is 5. The van der Waals surface area contributed by atoms with Crippen LogP contribution in [0.3, 0.4) is 0 Å². The van der Waals surface area contributed by atoms with Crippen LogP contribution in [-0.4, -0.2) is 54.7 Å². The van der Waals surface area contributed by atoms with Gasteiger partial charge in [0, 0.05) is 22.2 Å². The molecule has 0 radical (unpaired) electrons. The molecule has 11 aromatic rings. The summed E-state index contributed by atoms with van der Waals surface area (Å²) in [4.78, 5) is 39.9. The topological polar surface area (TPSA) is 115 Å². The van der Waals surface area contributed by atoms with E-state index in [0.29, 0.717) is 14.8 Å². The molecule has 4 aliphatic rings. The summed E-state index contributed by atoms with van der Waals surface area (Å²) in [5.41, 5.74) is 29.6. The Morgan fingerprint density at radius 1 is 0.259 bits per heavy atom. The van der Waals surface area contributed by atoms with Crippen LogP contribution in [0, 0.1) is 0 Å². The third-order valence-corrected chi connectivity index (χ3v) is 27.7. The van der Waals surface area contributed by atoms with Crippen LogP contribution in [0.4, 0.5) is 0 Å². The summed E-state index contributed by atoms with van der Waals surface area (Å²) in [6.07, 6.45) is 17.4. The van der Waals surface area contributed by atoms with Crippen molar-refractivity contribution in [3.8, 4) is 44.5 Å². The van der Waals surface area contributed by atoms with Gasteiger partial charge in [-0.25, -0.2) is 4.98 Å². The molecule has 0 amide bonds.